The standard InChI is InChI=1S/C21H24N2O2/c1-22(2)21(25)19-9-6-14-23(19)20(24)15-16-10-12-18(13-11-16)17-7-4-3-5-8-17/h3-5,7-8,10-13,19H,6,9,14-15H2,1-2H3. The van der Waals surface area contributed by atoms with Crippen molar-refractivity contribution >= 4 is 11.8 Å². The molecule has 0 aromatic heterocycles. The van der Waals surface area contributed by atoms with Gasteiger partial charge in [-0.2, -0.15) is 0 Å². The summed E-state index contributed by atoms with van der Waals surface area (Å²) in [6.45, 7) is 0.672. The largest absolute Gasteiger partial charge is 0.347 e. The van der Waals surface area contributed by atoms with Crippen molar-refractivity contribution < 1.29 is 9.59 Å². The number of rotatable bonds is 4. The molecule has 3 rings (SSSR count). The Bertz CT molecular complexity index is 738. The van der Waals surface area contributed by atoms with Crippen molar-refractivity contribution in [1.82, 2.24) is 9.80 Å². The molecule has 1 atom stereocenters. The van der Waals surface area contributed by atoms with Gasteiger partial charge in [0.25, 0.3) is 0 Å². The number of amides is 2. The van der Waals surface area contributed by atoms with Crippen LogP contribution in [0.15, 0.2) is 54.6 Å². The van der Waals surface area contributed by atoms with E-state index < -0.39 is 0 Å². The van der Waals surface area contributed by atoms with Gasteiger partial charge in [-0.05, 0) is 29.5 Å². The van der Waals surface area contributed by atoms with Crippen molar-refractivity contribution in [3.8, 4) is 11.1 Å². The van der Waals surface area contributed by atoms with Gasteiger partial charge in [-0.15, -0.1) is 0 Å². The molecule has 2 amide bonds. The molecule has 0 radical (unpaired) electrons. The van der Waals surface area contributed by atoms with E-state index in [9.17, 15) is 9.59 Å². The topological polar surface area (TPSA) is 40.6 Å². The second-order valence-corrected chi connectivity index (χ2v) is 6.72. The summed E-state index contributed by atoms with van der Waals surface area (Å²) in [5.41, 5.74) is 3.28. The van der Waals surface area contributed by atoms with E-state index in [1.165, 1.54) is 0 Å². The van der Waals surface area contributed by atoms with Crippen LogP contribution in [0.3, 0.4) is 0 Å². The molecule has 1 fully saturated rings. The molecule has 1 saturated heterocycles. The van der Waals surface area contributed by atoms with Gasteiger partial charge in [-0.3, -0.25) is 9.59 Å². The van der Waals surface area contributed by atoms with Gasteiger partial charge in [0, 0.05) is 20.6 Å². The molecule has 1 aliphatic heterocycles. The molecule has 0 bridgehead atoms. The number of carbonyl (C=O) groups is 2. The Labute approximate surface area is 149 Å². The predicted octanol–water partition coefficient (Wildman–Crippen LogP) is 2.98. The van der Waals surface area contributed by atoms with Crippen molar-refractivity contribution in [2.75, 3.05) is 20.6 Å². The summed E-state index contributed by atoms with van der Waals surface area (Å²) in [4.78, 5) is 28.2. The van der Waals surface area contributed by atoms with Crippen LogP contribution in [-0.2, 0) is 16.0 Å². The first kappa shape index (κ1) is 17.2. The maximum Gasteiger partial charge on any atom is 0.244 e. The van der Waals surface area contributed by atoms with E-state index in [2.05, 4.69) is 12.1 Å². The monoisotopic (exact) mass is 336 g/mol. The van der Waals surface area contributed by atoms with Crippen LogP contribution >= 0.6 is 0 Å². The minimum atomic E-state index is -0.300. The van der Waals surface area contributed by atoms with Gasteiger partial charge < -0.3 is 9.80 Å². The van der Waals surface area contributed by atoms with Crippen LogP contribution in [0.2, 0.25) is 0 Å². The molecule has 4 nitrogen and oxygen atoms in total. The fourth-order valence-electron chi connectivity index (χ4n) is 3.34. The summed E-state index contributed by atoms with van der Waals surface area (Å²) in [7, 11) is 3.48. The number of likely N-dealkylation sites (tertiary alicyclic amines) is 1. The second kappa shape index (κ2) is 7.51. The molecule has 0 N–H and O–H groups in total. The van der Waals surface area contributed by atoms with Crippen LogP contribution in [0.4, 0.5) is 0 Å². The van der Waals surface area contributed by atoms with Crippen molar-refractivity contribution in [2.24, 2.45) is 0 Å². The SMILES string of the molecule is CN(C)C(=O)C1CCCN1C(=O)Cc1ccc(-c2ccccc2)cc1. The smallest absolute Gasteiger partial charge is 0.244 e. The summed E-state index contributed by atoms with van der Waals surface area (Å²) in [6.07, 6.45) is 1.99. The predicted molar refractivity (Wildman–Crippen MR) is 99.0 cm³/mol. The summed E-state index contributed by atoms with van der Waals surface area (Å²) in [5.74, 6) is 0.0513. The molecule has 4 heteroatoms. The van der Waals surface area contributed by atoms with Crippen LogP contribution in [0, 0.1) is 0 Å². The Hall–Kier alpha value is -2.62. The molecule has 25 heavy (non-hydrogen) atoms. The third-order valence-electron chi connectivity index (χ3n) is 4.72. The number of likely N-dealkylation sites (N-methyl/N-ethyl adjacent to an activating group) is 1. The molecular weight excluding hydrogens is 312 g/mol. The van der Waals surface area contributed by atoms with E-state index in [0.29, 0.717) is 13.0 Å². The quantitative estimate of drug-likeness (QED) is 0.861. The maximum atomic E-state index is 12.7. The Kier molecular flexibility index (Phi) is 5.17. The van der Waals surface area contributed by atoms with E-state index in [0.717, 1.165) is 29.5 Å². The highest BCUT2D eigenvalue weighted by Crippen LogP contribution is 2.22. The molecule has 130 valence electrons. The van der Waals surface area contributed by atoms with Crippen LogP contribution < -0.4 is 0 Å². The lowest BCUT2D eigenvalue weighted by Gasteiger charge is -2.26. The van der Waals surface area contributed by atoms with E-state index in [1.807, 2.05) is 42.5 Å². The minimum Gasteiger partial charge on any atom is -0.347 e. The molecule has 1 heterocycles. The Morgan fingerprint density at radius 3 is 2.28 bits per heavy atom. The maximum absolute atomic E-state index is 12.7. The van der Waals surface area contributed by atoms with Crippen molar-refractivity contribution in [3.63, 3.8) is 0 Å². The molecule has 2 aromatic rings. The number of hydrogen-bond acceptors (Lipinski definition) is 2. The zero-order chi connectivity index (χ0) is 17.8. The van der Waals surface area contributed by atoms with Crippen LogP contribution in [0.1, 0.15) is 18.4 Å². The summed E-state index contributed by atoms with van der Waals surface area (Å²) in [5, 5.41) is 0. The zero-order valence-electron chi connectivity index (χ0n) is 14.8. The number of carbonyl (C=O) groups excluding carboxylic acids is 2. The Morgan fingerprint density at radius 1 is 1.00 bits per heavy atom. The molecule has 0 spiro atoms. The first-order chi connectivity index (χ1) is 12.1. The van der Waals surface area contributed by atoms with Crippen molar-refractivity contribution in [2.45, 2.75) is 25.3 Å². The van der Waals surface area contributed by atoms with Gasteiger partial charge >= 0.3 is 0 Å². The highest BCUT2D eigenvalue weighted by atomic mass is 16.2. The lowest BCUT2D eigenvalue weighted by Crippen LogP contribution is -2.45. The van der Waals surface area contributed by atoms with Crippen LogP contribution in [0.25, 0.3) is 11.1 Å². The summed E-state index contributed by atoms with van der Waals surface area (Å²) in [6, 6.07) is 18.0. The van der Waals surface area contributed by atoms with Crippen molar-refractivity contribution in [1.29, 1.82) is 0 Å². The van der Waals surface area contributed by atoms with Gasteiger partial charge in [0.2, 0.25) is 11.8 Å². The molecule has 1 unspecified atom stereocenters. The Balaban J connectivity index is 1.68. The third kappa shape index (κ3) is 3.90. The van der Waals surface area contributed by atoms with Crippen LogP contribution in [0.5, 0.6) is 0 Å². The first-order valence-electron chi connectivity index (χ1n) is 8.71. The van der Waals surface area contributed by atoms with Gasteiger partial charge in [0.1, 0.15) is 6.04 Å². The number of nitrogens with zero attached hydrogens (tertiary/aromatic N) is 2. The highest BCUT2D eigenvalue weighted by molar-refractivity contribution is 5.88. The van der Waals surface area contributed by atoms with E-state index in [4.69, 9.17) is 0 Å². The number of benzene rings is 2. The van der Waals surface area contributed by atoms with Gasteiger partial charge in [-0.1, -0.05) is 54.6 Å². The third-order valence-corrected chi connectivity index (χ3v) is 4.72. The van der Waals surface area contributed by atoms with Crippen LogP contribution in [-0.4, -0.2) is 48.3 Å². The lowest BCUT2D eigenvalue weighted by atomic mass is 10.0. The second-order valence-electron chi connectivity index (χ2n) is 6.72. The molecular formula is C21H24N2O2. The van der Waals surface area contributed by atoms with Gasteiger partial charge in [0.05, 0.1) is 6.42 Å². The molecule has 0 aliphatic carbocycles. The molecule has 0 saturated carbocycles. The highest BCUT2D eigenvalue weighted by Gasteiger charge is 2.34. The normalized spacial score (nSPS) is 16.7. The van der Waals surface area contributed by atoms with E-state index in [-0.39, 0.29) is 17.9 Å². The lowest BCUT2D eigenvalue weighted by molar-refractivity contribution is -0.141. The van der Waals surface area contributed by atoms with Crippen molar-refractivity contribution in [3.05, 3.63) is 60.2 Å². The van der Waals surface area contributed by atoms with Gasteiger partial charge in [-0.25, -0.2) is 0 Å². The number of hydrogen-bond donors (Lipinski definition) is 0. The van der Waals surface area contributed by atoms with E-state index in [1.54, 1.807) is 23.9 Å². The fraction of sp³-hybridized carbons (Fsp3) is 0.333. The van der Waals surface area contributed by atoms with Gasteiger partial charge in [0.15, 0.2) is 0 Å². The van der Waals surface area contributed by atoms with E-state index >= 15 is 0 Å². The Morgan fingerprint density at radius 2 is 1.64 bits per heavy atom. The molecule has 2 aromatic carbocycles. The first-order valence-corrected chi connectivity index (χ1v) is 8.71. The fourth-order valence-corrected chi connectivity index (χ4v) is 3.34. The average Bonchev–Trinajstić information content (AvgIpc) is 3.12. The zero-order valence-corrected chi connectivity index (χ0v) is 14.8. The summed E-state index contributed by atoms with van der Waals surface area (Å²) < 4.78 is 0. The summed E-state index contributed by atoms with van der Waals surface area (Å²) >= 11 is 0. The minimum absolute atomic E-state index is 0.0188. The molecule has 1 aliphatic rings. The average molecular weight is 336 g/mol.